The van der Waals surface area contributed by atoms with Gasteiger partial charge < -0.3 is 30.3 Å². The van der Waals surface area contributed by atoms with Crippen LogP contribution in [0.25, 0.3) is 0 Å². The Labute approximate surface area is 230 Å². The van der Waals surface area contributed by atoms with Crippen molar-refractivity contribution in [2.45, 2.75) is 77.3 Å². The Balaban J connectivity index is 0.000000332. The van der Waals surface area contributed by atoms with Crippen LogP contribution in [0.15, 0.2) is 35.5 Å². The quantitative estimate of drug-likeness (QED) is 0.248. The number of hydrogen-bond donors (Lipinski definition) is 4. The average molecular weight is 550 g/mol. The molecule has 38 heavy (non-hydrogen) atoms. The molecule has 2 atom stereocenters. The summed E-state index contributed by atoms with van der Waals surface area (Å²) in [4.78, 5) is 38.9. The molecule has 0 aliphatic carbocycles. The first-order chi connectivity index (χ1) is 18.3. The van der Waals surface area contributed by atoms with Crippen LogP contribution < -0.4 is 15.3 Å². The Bertz CT molecular complexity index is 951. The molecule has 1 saturated heterocycles. The van der Waals surface area contributed by atoms with E-state index in [0.717, 1.165) is 4.90 Å². The SMILES string of the molecule is CCCC[NH+](CCCC)CCCC.O=C([O-])C1=C(CO)CS[C@@H]2[C@@H](NC(=O)c3ccccc3CO)C(=O)N12. The molecule has 2 amide bonds. The lowest BCUT2D eigenvalue weighted by Crippen LogP contribution is -3.12. The fourth-order valence-electron chi connectivity index (χ4n) is 4.55. The van der Waals surface area contributed by atoms with Crippen LogP contribution in [0.4, 0.5) is 0 Å². The number of carboxylic acids is 1. The number of benzene rings is 1. The van der Waals surface area contributed by atoms with Gasteiger partial charge in [-0.25, -0.2) is 0 Å². The van der Waals surface area contributed by atoms with E-state index >= 15 is 0 Å². The van der Waals surface area contributed by atoms with E-state index in [0.29, 0.717) is 5.56 Å². The topological polar surface area (TPSA) is 134 Å². The lowest BCUT2D eigenvalue weighted by molar-refractivity contribution is -0.900. The summed E-state index contributed by atoms with van der Waals surface area (Å²) in [5.74, 6) is -2.39. The summed E-state index contributed by atoms with van der Waals surface area (Å²) < 4.78 is 0. The van der Waals surface area contributed by atoms with Crippen molar-refractivity contribution < 1.29 is 34.6 Å². The number of nitrogens with one attached hydrogen (secondary N) is 2. The monoisotopic (exact) mass is 549 g/mol. The van der Waals surface area contributed by atoms with Crippen molar-refractivity contribution >= 4 is 29.5 Å². The maximum Gasteiger partial charge on any atom is 0.253 e. The van der Waals surface area contributed by atoms with Gasteiger partial charge in [-0.3, -0.25) is 14.5 Å². The van der Waals surface area contributed by atoms with Crippen molar-refractivity contribution in [2.24, 2.45) is 0 Å². The standard InChI is InChI=1S/C16H16N2O6S.C12H27N/c19-5-8-3-1-2-4-10(8)13(21)17-11-14(22)18-12(16(23)24)9(6-20)7-25-15(11)18;1-4-7-10-13(11-8-5-2)12-9-6-3/h1-4,11,15,19-20H,5-7H2,(H,17,21)(H,23,24);4-12H2,1-3H3/t11-,15+;/m0./s1. The van der Waals surface area contributed by atoms with Crippen LogP contribution in [-0.4, -0.2) is 76.3 Å². The summed E-state index contributed by atoms with van der Waals surface area (Å²) in [5, 5.41) is 31.9. The summed E-state index contributed by atoms with van der Waals surface area (Å²) >= 11 is 1.26. The van der Waals surface area contributed by atoms with E-state index in [1.165, 1.54) is 76.0 Å². The predicted molar refractivity (Wildman–Crippen MR) is 146 cm³/mol. The molecule has 9 nitrogen and oxygen atoms in total. The molecule has 0 radical (unpaired) electrons. The number of carbonyl (C=O) groups is 3. The number of β-lactam (4-membered cyclic amide) rings is 1. The molecule has 1 aromatic rings. The molecule has 1 aromatic carbocycles. The van der Waals surface area contributed by atoms with E-state index < -0.39 is 35.8 Å². The predicted octanol–water partition coefficient (Wildman–Crippen LogP) is 0.460. The minimum Gasteiger partial charge on any atom is -0.543 e. The highest BCUT2D eigenvalue weighted by Gasteiger charge is 2.52. The number of aliphatic hydroxyl groups is 2. The Morgan fingerprint density at radius 2 is 1.61 bits per heavy atom. The second-order valence-electron chi connectivity index (χ2n) is 9.63. The molecule has 212 valence electrons. The van der Waals surface area contributed by atoms with Gasteiger partial charge in [0.25, 0.3) is 11.8 Å². The Hall–Kier alpha value is -2.40. The summed E-state index contributed by atoms with van der Waals surface area (Å²) in [5.41, 5.74) is 0.573. The molecule has 10 heteroatoms. The molecule has 0 spiro atoms. The minimum absolute atomic E-state index is 0.213. The summed E-state index contributed by atoms with van der Waals surface area (Å²) in [6, 6.07) is 5.58. The van der Waals surface area contributed by atoms with Crippen LogP contribution in [0.1, 0.15) is 75.2 Å². The number of fused-ring (bicyclic) bond motifs is 1. The van der Waals surface area contributed by atoms with E-state index in [-0.39, 0.29) is 29.2 Å². The molecular weight excluding hydrogens is 506 g/mol. The Kier molecular flexibility index (Phi) is 13.8. The van der Waals surface area contributed by atoms with Gasteiger partial charge in [0.2, 0.25) is 0 Å². The minimum atomic E-state index is -1.53. The molecule has 2 aliphatic rings. The van der Waals surface area contributed by atoms with Crippen LogP contribution >= 0.6 is 11.8 Å². The summed E-state index contributed by atoms with van der Waals surface area (Å²) in [6.45, 7) is 10.3. The molecule has 3 rings (SSSR count). The Morgan fingerprint density at radius 1 is 1.03 bits per heavy atom. The zero-order valence-electron chi connectivity index (χ0n) is 22.8. The first kappa shape index (κ1) is 31.8. The number of quaternary nitrogens is 1. The second-order valence-corrected chi connectivity index (χ2v) is 10.7. The first-order valence-corrected chi connectivity index (χ1v) is 14.7. The van der Waals surface area contributed by atoms with Crippen LogP contribution in [-0.2, 0) is 16.2 Å². The number of aliphatic carboxylic acids is 1. The van der Waals surface area contributed by atoms with Gasteiger partial charge in [0.05, 0.1) is 44.5 Å². The van der Waals surface area contributed by atoms with Crippen LogP contribution in [0.5, 0.6) is 0 Å². The smallest absolute Gasteiger partial charge is 0.253 e. The van der Waals surface area contributed by atoms with Gasteiger partial charge in [0, 0.05) is 11.3 Å². The highest BCUT2D eigenvalue weighted by atomic mass is 32.2. The van der Waals surface area contributed by atoms with Crippen LogP contribution in [0.3, 0.4) is 0 Å². The maximum atomic E-state index is 12.4. The summed E-state index contributed by atoms with van der Waals surface area (Å²) in [6.07, 6.45) is 8.26. The number of nitrogens with zero attached hydrogens (tertiary/aromatic N) is 1. The van der Waals surface area contributed by atoms with Crippen molar-refractivity contribution in [2.75, 3.05) is 32.0 Å². The lowest BCUT2D eigenvalue weighted by Gasteiger charge is -2.50. The zero-order valence-corrected chi connectivity index (χ0v) is 23.6. The molecule has 0 aromatic heterocycles. The molecule has 1 fully saturated rings. The molecular formula is C28H43N3O6S. The van der Waals surface area contributed by atoms with E-state index in [1.807, 2.05) is 4.90 Å². The summed E-state index contributed by atoms with van der Waals surface area (Å²) in [7, 11) is 0. The van der Waals surface area contributed by atoms with Crippen molar-refractivity contribution in [3.63, 3.8) is 0 Å². The van der Waals surface area contributed by atoms with E-state index in [9.17, 15) is 29.7 Å². The van der Waals surface area contributed by atoms with Crippen molar-refractivity contribution in [3.8, 4) is 0 Å². The zero-order chi connectivity index (χ0) is 28.1. The van der Waals surface area contributed by atoms with E-state index in [2.05, 4.69) is 26.1 Å². The fraction of sp³-hybridized carbons (Fsp3) is 0.607. The molecule has 0 saturated carbocycles. The van der Waals surface area contributed by atoms with Crippen LogP contribution in [0.2, 0.25) is 0 Å². The molecule has 4 N–H and O–H groups in total. The Morgan fingerprint density at radius 3 is 2.11 bits per heavy atom. The van der Waals surface area contributed by atoms with Gasteiger partial charge in [-0.2, -0.15) is 0 Å². The maximum absolute atomic E-state index is 12.4. The third kappa shape index (κ3) is 8.30. The normalized spacial score (nSPS) is 18.5. The highest BCUT2D eigenvalue weighted by Crippen LogP contribution is 2.40. The van der Waals surface area contributed by atoms with Crippen LogP contribution in [0, 0.1) is 0 Å². The third-order valence-electron chi connectivity index (χ3n) is 6.80. The molecule has 2 heterocycles. The second kappa shape index (κ2) is 16.5. The van der Waals surface area contributed by atoms with Crippen molar-refractivity contribution in [1.29, 1.82) is 0 Å². The van der Waals surface area contributed by atoms with E-state index in [4.69, 9.17) is 0 Å². The number of amides is 2. The molecule has 2 aliphatic heterocycles. The number of aliphatic hydroxyl groups excluding tert-OH is 2. The van der Waals surface area contributed by atoms with Gasteiger partial charge in [-0.05, 0) is 36.5 Å². The fourth-order valence-corrected chi connectivity index (χ4v) is 5.88. The van der Waals surface area contributed by atoms with Gasteiger partial charge in [-0.15, -0.1) is 11.8 Å². The molecule has 0 bridgehead atoms. The number of hydrogen-bond acceptors (Lipinski definition) is 7. The number of unbranched alkanes of at least 4 members (excludes halogenated alkanes) is 3. The lowest BCUT2D eigenvalue weighted by atomic mass is 10.0. The van der Waals surface area contributed by atoms with Gasteiger partial charge >= 0.3 is 0 Å². The first-order valence-electron chi connectivity index (χ1n) is 13.7. The largest absolute Gasteiger partial charge is 0.543 e. The van der Waals surface area contributed by atoms with Gasteiger partial charge in [0.1, 0.15) is 11.4 Å². The van der Waals surface area contributed by atoms with Gasteiger partial charge in [0.15, 0.2) is 0 Å². The number of carboxylic acid groups (broad SMARTS) is 1. The third-order valence-corrected chi connectivity index (χ3v) is 8.14. The van der Waals surface area contributed by atoms with Gasteiger partial charge in [-0.1, -0.05) is 58.2 Å². The highest BCUT2D eigenvalue weighted by molar-refractivity contribution is 8.00. The number of thioether (sulfide) groups is 1. The molecule has 0 unspecified atom stereocenters. The number of rotatable bonds is 14. The average Bonchev–Trinajstić information content (AvgIpc) is 2.94. The van der Waals surface area contributed by atoms with E-state index in [1.54, 1.807) is 18.2 Å². The van der Waals surface area contributed by atoms with Crippen molar-refractivity contribution in [3.05, 3.63) is 46.7 Å². The van der Waals surface area contributed by atoms with Crippen molar-refractivity contribution in [1.82, 2.24) is 10.2 Å². The number of carbonyl (C=O) groups excluding carboxylic acids is 3.